The number of nitrogens with zero attached hydrogens (tertiary/aromatic N) is 1. The van der Waals surface area contributed by atoms with Gasteiger partial charge in [0.25, 0.3) is 0 Å². The monoisotopic (exact) mass is 275 g/mol. The van der Waals surface area contributed by atoms with E-state index in [-0.39, 0.29) is 18.4 Å². The number of carboxylic acid groups (broad SMARTS) is 1. The van der Waals surface area contributed by atoms with Crippen LogP contribution in [0.25, 0.3) is 11.3 Å². The van der Waals surface area contributed by atoms with Crippen LogP contribution in [0.4, 0.5) is 0 Å². The van der Waals surface area contributed by atoms with Gasteiger partial charge in [0.05, 0.1) is 0 Å². The first-order chi connectivity index (χ1) is 9.58. The van der Waals surface area contributed by atoms with Crippen LogP contribution in [0.5, 0.6) is 11.5 Å². The van der Waals surface area contributed by atoms with Gasteiger partial charge in [-0.1, -0.05) is 19.0 Å². The smallest absolute Gasteiger partial charge is 0.358 e. The van der Waals surface area contributed by atoms with Crippen LogP contribution in [0.2, 0.25) is 0 Å². The van der Waals surface area contributed by atoms with Crippen LogP contribution >= 0.6 is 0 Å². The molecule has 0 spiro atoms. The Balaban J connectivity index is 2.15. The zero-order valence-corrected chi connectivity index (χ0v) is 11.0. The van der Waals surface area contributed by atoms with E-state index < -0.39 is 5.97 Å². The molecule has 0 aliphatic carbocycles. The van der Waals surface area contributed by atoms with Crippen molar-refractivity contribution in [1.29, 1.82) is 0 Å². The Morgan fingerprint density at radius 2 is 2.15 bits per heavy atom. The summed E-state index contributed by atoms with van der Waals surface area (Å²) in [6, 6.07) is 5.02. The second-order valence-corrected chi connectivity index (χ2v) is 4.80. The molecule has 0 saturated heterocycles. The molecule has 0 unspecified atom stereocenters. The molecule has 2 aromatic rings. The molecule has 3 rings (SSSR count). The lowest BCUT2D eigenvalue weighted by Gasteiger charge is -2.13. The molecule has 0 saturated carbocycles. The molecule has 0 radical (unpaired) electrons. The average molecular weight is 275 g/mol. The lowest BCUT2D eigenvalue weighted by molar-refractivity contribution is 0.0686. The van der Waals surface area contributed by atoms with Crippen LogP contribution in [-0.2, 0) is 0 Å². The molecule has 0 atom stereocenters. The van der Waals surface area contributed by atoms with Gasteiger partial charge in [0.1, 0.15) is 0 Å². The summed E-state index contributed by atoms with van der Waals surface area (Å²) in [5.41, 5.74) is 1.57. The highest BCUT2D eigenvalue weighted by Crippen LogP contribution is 2.44. The molecule has 0 fully saturated rings. The summed E-state index contributed by atoms with van der Waals surface area (Å²) in [5, 5.41) is 12.5. The van der Waals surface area contributed by atoms with Crippen molar-refractivity contribution < 1.29 is 23.9 Å². The van der Waals surface area contributed by atoms with Crippen molar-refractivity contribution in [2.75, 3.05) is 6.79 Å². The van der Waals surface area contributed by atoms with Crippen LogP contribution in [0.3, 0.4) is 0 Å². The minimum absolute atomic E-state index is 0.118. The number of hydrogen-bond donors (Lipinski definition) is 1. The molecule has 0 amide bonds. The molecule has 104 valence electrons. The van der Waals surface area contributed by atoms with E-state index in [4.69, 9.17) is 19.1 Å². The van der Waals surface area contributed by atoms with E-state index in [0.717, 1.165) is 11.1 Å². The number of hydrogen-bond acceptors (Lipinski definition) is 5. The van der Waals surface area contributed by atoms with Crippen LogP contribution < -0.4 is 9.47 Å². The molecule has 6 nitrogen and oxygen atoms in total. The summed E-state index contributed by atoms with van der Waals surface area (Å²) in [6.07, 6.45) is 0. The zero-order chi connectivity index (χ0) is 14.3. The first kappa shape index (κ1) is 12.5. The van der Waals surface area contributed by atoms with Gasteiger partial charge in [-0.15, -0.1) is 0 Å². The highest BCUT2D eigenvalue weighted by Gasteiger charge is 2.25. The Labute approximate surface area is 114 Å². The molecule has 20 heavy (non-hydrogen) atoms. The SMILES string of the molecule is CC(C)c1c(-c2cc(C(=O)O)no2)ccc2c1OCO2. The Hall–Kier alpha value is -2.50. The number of benzene rings is 1. The number of rotatable bonds is 3. The Morgan fingerprint density at radius 3 is 2.80 bits per heavy atom. The Kier molecular flexibility index (Phi) is 2.85. The van der Waals surface area contributed by atoms with Gasteiger partial charge in [-0.25, -0.2) is 4.79 Å². The maximum absolute atomic E-state index is 10.9. The molecule has 6 heteroatoms. The minimum atomic E-state index is -1.12. The summed E-state index contributed by atoms with van der Waals surface area (Å²) in [7, 11) is 0. The Morgan fingerprint density at radius 1 is 1.35 bits per heavy atom. The third kappa shape index (κ3) is 1.89. The van der Waals surface area contributed by atoms with E-state index in [1.165, 1.54) is 6.07 Å². The molecular formula is C14H13NO5. The predicted molar refractivity (Wildman–Crippen MR) is 69.1 cm³/mol. The van der Waals surface area contributed by atoms with Gasteiger partial charge < -0.3 is 19.1 Å². The fraction of sp³-hybridized carbons (Fsp3) is 0.286. The topological polar surface area (TPSA) is 81.8 Å². The van der Waals surface area contributed by atoms with E-state index in [1.807, 2.05) is 19.9 Å². The third-order valence-corrected chi connectivity index (χ3v) is 3.15. The van der Waals surface area contributed by atoms with Gasteiger partial charge in [-0.05, 0) is 18.1 Å². The first-order valence-corrected chi connectivity index (χ1v) is 6.21. The molecular weight excluding hydrogens is 262 g/mol. The van der Waals surface area contributed by atoms with Crippen molar-refractivity contribution in [3.8, 4) is 22.8 Å². The number of carboxylic acids is 1. The van der Waals surface area contributed by atoms with Crippen LogP contribution in [0.1, 0.15) is 35.8 Å². The van der Waals surface area contributed by atoms with Crippen molar-refractivity contribution in [3.63, 3.8) is 0 Å². The summed E-state index contributed by atoms with van der Waals surface area (Å²) in [5.74, 6) is 0.831. The van der Waals surface area contributed by atoms with Gasteiger partial charge in [0, 0.05) is 17.2 Å². The van der Waals surface area contributed by atoms with Gasteiger partial charge in [-0.2, -0.15) is 0 Å². The molecule has 1 aromatic carbocycles. The lowest BCUT2D eigenvalue weighted by Crippen LogP contribution is -1.97. The molecule has 1 aromatic heterocycles. The Bertz CT molecular complexity index is 674. The second kappa shape index (κ2) is 4.56. The van der Waals surface area contributed by atoms with E-state index >= 15 is 0 Å². The van der Waals surface area contributed by atoms with Gasteiger partial charge in [0.2, 0.25) is 6.79 Å². The molecule has 0 bridgehead atoms. The third-order valence-electron chi connectivity index (χ3n) is 3.15. The second-order valence-electron chi connectivity index (χ2n) is 4.80. The lowest BCUT2D eigenvalue weighted by atomic mass is 9.94. The number of aromatic carboxylic acids is 1. The minimum Gasteiger partial charge on any atom is -0.476 e. The molecule has 1 N–H and O–H groups in total. The van der Waals surface area contributed by atoms with Gasteiger partial charge >= 0.3 is 5.97 Å². The number of ether oxygens (including phenoxy) is 2. The number of carbonyl (C=O) groups is 1. The van der Waals surface area contributed by atoms with E-state index in [2.05, 4.69) is 5.16 Å². The van der Waals surface area contributed by atoms with Gasteiger partial charge in [0.15, 0.2) is 23.0 Å². The van der Waals surface area contributed by atoms with Crippen molar-refractivity contribution in [3.05, 3.63) is 29.5 Å². The van der Waals surface area contributed by atoms with Crippen LogP contribution in [0.15, 0.2) is 22.7 Å². The van der Waals surface area contributed by atoms with E-state index in [9.17, 15) is 4.79 Å². The van der Waals surface area contributed by atoms with Crippen molar-refractivity contribution in [2.24, 2.45) is 0 Å². The molecule has 1 aliphatic rings. The van der Waals surface area contributed by atoms with Crippen molar-refractivity contribution in [2.45, 2.75) is 19.8 Å². The summed E-state index contributed by atoms with van der Waals surface area (Å²) in [6.45, 7) is 4.24. The van der Waals surface area contributed by atoms with Crippen molar-refractivity contribution >= 4 is 5.97 Å². The van der Waals surface area contributed by atoms with E-state index in [1.54, 1.807) is 6.07 Å². The highest BCUT2D eigenvalue weighted by atomic mass is 16.7. The summed E-state index contributed by atoms with van der Waals surface area (Å²) >= 11 is 0. The predicted octanol–water partition coefficient (Wildman–Crippen LogP) is 2.89. The van der Waals surface area contributed by atoms with Crippen LogP contribution in [0, 0.1) is 0 Å². The summed E-state index contributed by atoms with van der Waals surface area (Å²) in [4.78, 5) is 10.9. The standard InChI is InChI=1S/C14H13NO5/c1-7(2)12-8(3-4-10-13(12)19-6-18-10)11-5-9(14(16)17)15-20-11/h3-5,7H,6H2,1-2H3,(H,16,17). The van der Waals surface area contributed by atoms with Crippen LogP contribution in [-0.4, -0.2) is 23.0 Å². The first-order valence-electron chi connectivity index (χ1n) is 6.21. The number of aromatic nitrogens is 1. The van der Waals surface area contributed by atoms with Crippen molar-refractivity contribution in [1.82, 2.24) is 5.16 Å². The summed E-state index contributed by atoms with van der Waals surface area (Å²) < 4.78 is 16.0. The fourth-order valence-electron chi connectivity index (χ4n) is 2.28. The maximum Gasteiger partial charge on any atom is 0.358 e. The quantitative estimate of drug-likeness (QED) is 0.927. The van der Waals surface area contributed by atoms with E-state index in [0.29, 0.717) is 17.3 Å². The number of fused-ring (bicyclic) bond motifs is 1. The fourth-order valence-corrected chi connectivity index (χ4v) is 2.28. The van der Waals surface area contributed by atoms with Gasteiger partial charge in [-0.3, -0.25) is 0 Å². The maximum atomic E-state index is 10.9. The highest BCUT2D eigenvalue weighted by molar-refractivity contribution is 5.86. The normalized spacial score (nSPS) is 12.9. The molecule has 2 heterocycles. The molecule has 1 aliphatic heterocycles. The largest absolute Gasteiger partial charge is 0.476 e. The zero-order valence-electron chi connectivity index (χ0n) is 11.0. The average Bonchev–Trinajstić information content (AvgIpc) is 3.05.